The van der Waals surface area contributed by atoms with E-state index < -0.39 is 0 Å². The first-order valence-corrected chi connectivity index (χ1v) is 11.0. The minimum atomic E-state index is -0.210. The van der Waals surface area contributed by atoms with Crippen molar-refractivity contribution in [2.45, 2.75) is 39.8 Å². The number of amides is 1. The van der Waals surface area contributed by atoms with Crippen LogP contribution in [-0.2, 0) is 4.79 Å². The van der Waals surface area contributed by atoms with E-state index in [0.717, 1.165) is 23.0 Å². The monoisotopic (exact) mass is 435 g/mol. The van der Waals surface area contributed by atoms with Gasteiger partial charge in [-0.05, 0) is 69.0 Å². The lowest BCUT2D eigenvalue weighted by Crippen LogP contribution is -2.39. The zero-order valence-electron chi connectivity index (χ0n) is 19.5. The average molecular weight is 436 g/mol. The topological polar surface area (TPSA) is 66.6 Å². The molecule has 2 N–H and O–H groups in total. The van der Waals surface area contributed by atoms with E-state index >= 15 is 0 Å². The predicted octanol–water partition coefficient (Wildman–Crippen LogP) is 5.33. The molecule has 1 heterocycles. The van der Waals surface area contributed by atoms with Crippen molar-refractivity contribution in [3.05, 3.63) is 60.3 Å². The molecule has 0 atom stereocenters. The molecule has 3 aromatic rings. The second-order valence-electron chi connectivity index (χ2n) is 8.29. The number of ether oxygens (including phenoxy) is 2. The van der Waals surface area contributed by atoms with Crippen molar-refractivity contribution in [3.8, 4) is 11.5 Å². The highest BCUT2D eigenvalue weighted by atomic mass is 16.5. The second-order valence-corrected chi connectivity index (χ2v) is 8.29. The van der Waals surface area contributed by atoms with Gasteiger partial charge in [0.2, 0.25) is 5.91 Å². The Morgan fingerprint density at radius 3 is 2.56 bits per heavy atom. The Hall–Kier alpha value is -3.25. The summed E-state index contributed by atoms with van der Waals surface area (Å²) in [5.74, 6) is 1.04. The van der Waals surface area contributed by atoms with E-state index in [9.17, 15) is 4.79 Å². The van der Waals surface area contributed by atoms with Gasteiger partial charge in [-0.3, -0.25) is 9.69 Å². The van der Waals surface area contributed by atoms with Gasteiger partial charge in [0.05, 0.1) is 7.11 Å². The van der Waals surface area contributed by atoms with Gasteiger partial charge in [-0.25, -0.2) is 0 Å². The summed E-state index contributed by atoms with van der Waals surface area (Å²) in [6.45, 7) is 10.1. The molecular formula is C26H33N3O3. The van der Waals surface area contributed by atoms with Gasteiger partial charge in [0.15, 0.2) is 11.5 Å². The van der Waals surface area contributed by atoms with Gasteiger partial charge >= 0.3 is 0 Å². The molecule has 170 valence electrons. The minimum Gasteiger partial charge on any atom is -0.493 e. The fourth-order valence-corrected chi connectivity index (χ4v) is 3.77. The molecule has 0 unspecified atom stereocenters. The highest BCUT2D eigenvalue weighted by molar-refractivity contribution is 6.02. The average Bonchev–Trinajstić information content (AvgIpc) is 3.23. The highest BCUT2D eigenvalue weighted by Gasteiger charge is 2.14. The number of hydrogen-bond donors (Lipinski definition) is 2. The number of aromatic nitrogens is 1. The SMILES string of the molecule is COc1ccc(NC(=O)/C=C/c2ccc3cc[nH]c3c2)cc1OCCN(C(C)C)C(C)C. The Morgan fingerprint density at radius 2 is 1.84 bits per heavy atom. The first kappa shape index (κ1) is 23.4. The van der Waals surface area contributed by atoms with Crippen molar-refractivity contribution in [1.82, 2.24) is 9.88 Å². The van der Waals surface area contributed by atoms with Gasteiger partial charge in [-0.15, -0.1) is 0 Å². The van der Waals surface area contributed by atoms with Gasteiger partial charge in [-0.1, -0.05) is 12.1 Å². The van der Waals surface area contributed by atoms with Crippen LogP contribution in [0.1, 0.15) is 33.3 Å². The predicted molar refractivity (Wildman–Crippen MR) is 131 cm³/mol. The maximum Gasteiger partial charge on any atom is 0.248 e. The first-order valence-electron chi connectivity index (χ1n) is 11.0. The molecule has 1 amide bonds. The van der Waals surface area contributed by atoms with E-state index in [-0.39, 0.29) is 5.91 Å². The number of nitrogens with one attached hydrogen (secondary N) is 2. The molecule has 32 heavy (non-hydrogen) atoms. The zero-order chi connectivity index (χ0) is 23.1. The van der Waals surface area contributed by atoms with Crippen LogP contribution >= 0.6 is 0 Å². The maximum absolute atomic E-state index is 12.4. The molecule has 0 aliphatic heterocycles. The first-order chi connectivity index (χ1) is 15.4. The third-order valence-electron chi connectivity index (χ3n) is 5.37. The summed E-state index contributed by atoms with van der Waals surface area (Å²) in [6.07, 6.45) is 5.22. The van der Waals surface area contributed by atoms with Crippen LogP contribution in [0.3, 0.4) is 0 Å². The van der Waals surface area contributed by atoms with Gasteiger partial charge in [0.25, 0.3) is 0 Å². The lowest BCUT2D eigenvalue weighted by molar-refractivity contribution is -0.111. The van der Waals surface area contributed by atoms with E-state index in [1.165, 1.54) is 6.08 Å². The number of anilines is 1. The third kappa shape index (κ3) is 6.14. The number of aromatic amines is 1. The fraction of sp³-hybridized carbons (Fsp3) is 0.346. The third-order valence-corrected chi connectivity index (χ3v) is 5.37. The van der Waals surface area contributed by atoms with E-state index in [0.29, 0.717) is 35.9 Å². The quantitative estimate of drug-likeness (QED) is 0.423. The molecule has 1 aromatic heterocycles. The molecule has 0 fully saturated rings. The number of H-pyrrole nitrogens is 1. The van der Waals surface area contributed by atoms with Crippen LogP contribution in [0.4, 0.5) is 5.69 Å². The lowest BCUT2D eigenvalue weighted by Gasteiger charge is -2.30. The molecule has 0 saturated carbocycles. The summed E-state index contributed by atoms with van der Waals surface area (Å²) in [5, 5.41) is 4.03. The van der Waals surface area contributed by atoms with Crippen molar-refractivity contribution in [2.75, 3.05) is 25.6 Å². The summed E-state index contributed by atoms with van der Waals surface area (Å²) in [4.78, 5) is 18.0. The lowest BCUT2D eigenvalue weighted by atomic mass is 10.1. The van der Waals surface area contributed by atoms with E-state index in [1.807, 2.05) is 30.5 Å². The molecule has 6 nitrogen and oxygen atoms in total. The molecule has 0 bridgehead atoms. The Kier molecular flexibility index (Phi) is 7.95. The molecule has 0 aliphatic carbocycles. The maximum atomic E-state index is 12.4. The van der Waals surface area contributed by atoms with Crippen LogP contribution in [0.2, 0.25) is 0 Å². The van der Waals surface area contributed by atoms with Gasteiger partial charge in [0.1, 0.15) is 6.61 Å². The van der Waals surface area contributed by atoms with Gasteiger partial charge in [-0.2, -0.15) is 0 Å². The molecule has 0 saturated heterocycles. The van der Waals surface area contributed by atoms with Gasteiger partial charge < -0.3 is 19.8 Å². The number of rotatable bonds is 10. The molecule has 0 aliphatic rings. The van der Waals surface area contributed by atoms with Crippen LogP contribution in [0, 0.1) is 0 Å². The molecule has 2 aromatic carbocycles. The Balaban J connectivity index is 1.62. The molecule has 0 radical (unpaired) electrons. The molecule has 3 rings (SSSR count). The summed E-state index contributed by atoms with van der Waals surface area (Å²) >= 11 is 0. The van der Waals surface area contributed by atoms with Crippen LogP contribution < -0.4 is 14.8 Å². The Labute approximate surface area is 190 Å². The zero-order valence-corrected chi connectivity index (χ0v) is 19.5. The van der Waals surface area contributed by atoms with Crippen LogP contribution in [0.25, 0.3) is 17.0 Å². The highest BCUT2D eigenvalue weighted by Crippen LogP contribution is 2.30. The van der Waals surface area contributed by atoms with Crippen LogP contribution in [0.15, 0.2) is 54.7 Å². The Bertz CT molecular complexity index is 1060. The molecule has 0 spiro atoms. The van der Waals surface area contributed by atoms with Crippen molar-refractivity contribution < 1.29 is 14.3 Å². The second kappa shape index (κ2) is 10.9. The Morgan fingerprint density at radius 1 is 1.06 bits per heavy atom. The van der Waals surface area contributed by atoms with E-state index in [1.54, 1.807) is 31.4 Å². The van der Waals surface area contributed by atoms with Crippen molar-refractivity contribution in [2.24, 2.45) is 0 Å². The number of benzene rings is 2. The van der Waals surface area contributed by atoms with Crippen molar-refractivity contribution in [3.63, 3.8) is 0 Å². The number of hydrogen-bond acceptors (Lipinski definition) is 4. The van der Waals surface area contributed by atoms with Crippen LogP contribution in [0.5, 0.6) is 11.5 Å². The number of nitrogens with zero attached hydrogens (tertiary/aromatic N) is 1. The molecule has 6 heteroatoms. The number of carbonyl (C=O) groups excluding carboxylic acids is 1. The fourth-order valence-electron chi connectivity index (χ4n) is 3.77. The van der Waals surface area contributed by atoms with Gasteiger partial charge in [0, 0.05) is 48.2 Å². The van der Waals surface area contributed by atoms with Crippen molar-refractivity contribution in [1.29, 1.82) is 0 Å². The van der Waals surface area contributed by atoms with Crippen molar-refractivity contribution >= 4 is 28.6 Å². The summed E-state index contributed by atoms with van der Waals surface area (Å²) in [6, 6.07) is 14.3. The normalized spacial score (nSPS) is 11.8. The van der Waals surface area contributed by atoms with Crippen LogP contribution in [-0.4, -0.2) is 48.1 Å². The standard InChI is InChI=1S/C26H33N3O3/c1-18(2)29(19(3)4)14-15-32-25-17-22(9-10-24(25)31-5)28-26(30)11-7-20-6-8-21-12-13-27-23(21)16-20/h6-13,16-19,27H,14-15H2,1-5H3,(H,28,30)/b11-7+. The summed E-state index contributed by atoms with van der Waals surface area (Å²) in [7, 11) is 1.61. The van der Waals surface area contributed by atoms with E-state index in [4.69, 9.17) is 9.47 Å². The largest absolute Gasteiger partial charge is 0.493 e. The number of methoxy groups -OCH3 is 1. The minimum absolute atomic E-state index is 0.210. The number of carbonyl (C=O) groups is 1. The smallest absolute Gasteiger partial charge is 0.248 e. The summed E-state index contributed by atoms with van der Waals surface area (Å²) < 4.78 is 11.4. The van der Waals surface area contributed by atoms with E-state index in [2.05, 4.69) is 42.9 Å². The summed E-state index contributed by atoms with van der Waals surface area (Å²) in [5.41, 5.74) is 2.64. The molecular weight excluding hydrogens is 402 g/mol. The number of fused-ring (bicyclic) bond motifs is 1.